The molecular formula is C13H17N5O. The van der Waals surface area contributed by atoms with Crippen LogP contribution in [-0.4, -0.2) is 39.5 Å². The van der Waals surface area contributed by atoms with Gasteiger partial charge in [0.25, 0.3) is 0 Å². The summed E-state index contributed by atoms with van der Waals surface area (Å²) < 4.78 is 7.19. The first-order valence-electron chi connectivity index (χ1n) is 6.51. The van der Waals surface area contributed by atoms with Gasteiger partial charge >= 0.3 is 0 Å². The summed E-state index contributed by atoms with van der Waals surface area (Å²) in [7, 11) is 1.75. The van der Waals surface area contributed by atoms with E-state index in [1.165, 1.54) is 6.42 Å². The number of nitrogens with zero attached hydrogens (tertiary/aromatic N) is 4. The van der Waals surface area contributed by atoms with Crippen molar-refractivity contribution in [2.24, 2.45) is 0 Å². The van der Waals surface area contributed by atoms with Crippen LogP contribution in [0.4, 0.5) is 5.95 Å². The lowest BCUT2D eigenvalue weighted by atomic mass is 10.2. The summed E-state index contributed by atoms with van der Waals surface area (Å²) in [5.74, 6) is 0.667. The predicted molar refractivity (Wildman–Crippen MR) is 71.2 cm³/mol. The van der Waals surface area contributed by atoms with Crippen molar-refractivity contribution in [2.75, 3.05) is 12.4 Å². The second-order valence-corrected chi connectivity index (χ2v) is 4.71. The van der Waals surface area contributed by atoms with Crippen molar-refractivity contribution in [3.63, 3.8) is 0 Å². The van der Waals surface area contributed by atoms with Gasteiger partial charge in [0.05, 0.1) is 17.8 Å². The maximum absolute atomic E-state index is 5.48. The summed E-state index contributed by atoms with van der Waals surface area (Å²) in [5.41, 5.74) is 0.946. The molecule has 1 saturated carbocycles. The third-order valence-electron chi connectivity index (χ3n) is 3.54. The van der Waals surface area contributed by atoms with E-state index in [1.54, 1.807) is 11.8 Å². The van der Waals surface area contributed by atoms with Crippen molar-refractivity contribution >= 4 is 5.95 Å². The van der Waals surface area contributed by atoms with Gasteiger partial charge in [0.1, 0.15) is 0 Å². The molecule has 1 N–H and O–H groups in total. The minimum absolute atomic E-state index is 0.237. The Morgan fingerprint density at radius 3 is 2.89 bits per heavy atom. The first kappa shape index (κ1) is 12.1. The highest BCUT2D eigenvalue weighted by Gasteiger charge is 2.28. The number of tetrazole rings is 1. The molecule has 1 aromatic heterocycles. The monoisotopic (exact) mass is 259 g/mol. The van der Waals surface area contributed by atoms with Crippen LogP contribution in [-0.2, 0) is 4.74 Å². The van der Waals surface area contributed by atoms with E-state index in [0.29, 0.717) is 5.95 Å². The Hall–Kier alpha value is -1.95. The van der Waals surface area contributed by atoms with Crippen LogP contribution in [0, 0.1) is 0 Å². The van der Waals surface area contributed by atoms with Crippen molar-refractivity contribution in [3.8, 4) is 5.69 Å². The fourth-order valence-electron chi connectivity index (χ4n) is 2.56. The van der Waals surface area contributed by atoms with Gasteiger partial charge in [0.15, 0.2) is 0 Å². The van der Waals surface area contributed by atoms with Crippen molar-refractivity contribution in [1.29, 1.82) is 0 Å². The van der Waals surface area contributed by atoms with Gasteiger partial charge in [-0.3, -0.25) is 0 Å². The fraction of sp³-hybridized carbons (Fsp3) is 0.462. The molecule has 0 spiro atoms. The molecule has 0 aliphatic heterocycles. The number of para-hydroxylation sites is 1. The summed E-state index contributed by atoms with van der Waals surface area (Å²) in [5, 5.41) is 15.2. The molecule has 19 heavy (non-hydrogen) atoms. The number of methoxy groups -OCH3 is 1. The lowest BCUT2D eigenvalue weighted by Gasteiger charge is -2.19. The van der Waals surface area contributed by atoms with Crippen molar-refractivity contribution < 1.29 is 4.74 Å². The summed E-state index contributed by atoms with van der Waals surface area (Å²) in [6.07, 6.45) is 3.57. The standard InChI is InChI=1S/C13H17N5O/c1-19-12-9-5-8-11(12)14-13-15-16-17-18(13)10-6-3-2-4-7-10/h2-4,6-7,11-12H,5,8-9H2,1H3,(H,14,15,17). The number of hydrogen-bond acceptors (Lipinski definition) is 5. The molecule has 6 nitrogen and oxygen atoms in total. The van der Waals surface area contributed by atoms with Gasteiger partial charge in [0, 0.05) is 7.11 Å². The molecule has 2 atom stereocenters. The molecule has 0 bridgehead atoms. The lowest BCUT2D eigenvalue weighted by molar-refractivity contribution is 0.101. The van der Waals surface area contributed by atoms with Crippen LogP contribution >= 0.6 is 0 Å². The zero-order valence-electron chi connectivity index (χ0n) is 10.9. The minimum Gasteiger partial charge on any atom is -0.379 e. The summed E-state index contributed by atoms with van der Waals surface area (Å²) in [4.78, 5) is 0. The Balaban J connectivity index is 1.81. The predicted octanol–water partition coefficient (Wildman–Crippen LogP) is 1.64. The van der Waals surface area contributed by atoms with Crippen molar-refractivity contribution in [3.05, 3.63) is 30.3 Å². The molecular weight excluding hydrogens is 242 g/mol. The molecule has 0 radical (unpaired) electrons. The first-order chi connectivity index (χ1) is 9.38. The van der Waals surface area contributed by atoms with Crippen LogP contribution in [0.2, 0.25) is 0 Å². The Labute approximate surface area is 111 Å². The maximum atomic E-state index is 5.48. The van der Waals surface area contributed by atoms with E-state index in [4.69, 9.17) is 4.74 Å². The molecule has 6 heteroatoms. The van der Waals surface area contributed by atoms with E-state index in [9.17, 15) is 0 Å². The fourth-order valence-corrected chi connectivity index (χ4v) is 2.56. The molecule has 1 aliphatic carbocycles. The van der Waals surface area contributed by atoms with Crippen molar-refractivity contribution in [1.82, 2.24) is 20.2 Å². The zero-order valence-corrected chi connectivity index (χ0v) is 10.9. The SMILES string of the molecule is COC1CCCC1Nc1nnnn1-c1ccccc1. The van der Waals surface area contributed by atoms with Crippen LogP contribution in [0.15, 0.2) is 30.3 Å². The Kier molecular flexibility index (Phi) is 3.41. The Bertz CT molecular complexity index is 527. The minimum atomic E-state index is 0.237. The van der Waals surface area contributed by atoms with Gasteiger partial charge < -0.3 is 10.1 Å². The molecule has 1 aliphatic rings. The molecule has 3 rings (SSSR count). The van der Waals surface area contributed by atoms with Crippen LogP contribution in [0.25, 0.3) is 5.69 Å². The number of benzene rings is 1. The number of ether oxygens (including phenoxy) is 1. The Morgan fingerprint density at radius 2 is 2.11 bits per heavy atom. The molecule has 1 aromatic carbocycles. The zero-order chi connectivity index (χ0) is 13.1. The van der Waals surface area contributed by atoms with E-state index >= 15 is 0 Å². The van der Waals surface area contributed by atoms with Gasteiger partial charge in [-0.1, -0.05) is 23.3 Å². The maximum Gasteiger partial charge on any atom is 0.248 e. The van der Waals surface area contributed by atoms with Crippen LogP contribution in [0.1, 0.15) is 19.3 Å². The van der Waals surface area contributed by atoms with Crippen LogP contribution < -0.4 is 5.32 Å². The number of hydrogen-bond donors (Lipinski definition) is 1. The van der Waals surface area contributed by atoms with Gasteiger partial charge in [0.2, 0.25) is 5.95 Å². The van der Waals surface area contributed by atoms with Crippen LogP contribution in [0.5, 0.6) is 0 Å². The normalized spacial score (nSPS) is 22.6. The molecule has 2 unspecified atom stereocenters. The number of rotatable bonds is 4. The highest BCUT2D eigenvalue weighted by atomic mass is 16.5. The van der Waals surface area contributed by atoms with Gasteiger partial charge in [-0.05, 0) is 41.8 Å². The molecule has 100 valence electrons. The molecule has 2 aromatic rings. The van der Waals surface area contributed by atoms with E-state index in [2.05, 4.69) is 20.8 Å². The first-order valence-corrected chi connectivity index (χ1v) is 6.51. The molecule has 1 heterocycles. The number of aromatic nitrogens is 4. The number of anilines is 1. The van der Waals surface area contributed by atoms with E-state index < -0.39 is 0 Å². The molecule has 0 saturated heterocycles. The van der Waals surface area contributed by atoms with Gasteiger partial charge in [-0.2, -0.15) is 4.68 Å². The average Bonchev–Trinajstić information content (AvgIpc) is 3.09. The smallest absolute Gasteiger partial charge is 0.248 e. The second-order valence-electron chi connectivity index (χ2n) is 4.71. The Morgan fingerprint density at radius 1 is 1.26 bits per heavy atom. The van der Waals surface area contributed by atoms with E-state index in [0.717, 1.165) is 18.5 Å². The van der Waals surface area contributed by atoms with Crippen LogP contribution in [0.3, 0.4) is 0 Å². The third-order valence-corrected chi connectivity index (χ3v) is 3.54. The van der Waals surface area contributed by atoms with E-state index in [-0.39, 0.29) is 12.1 Å². The highest BCUT2D eigenvalue weighted by Crippen LogP contribution is 2.24. The molecule has 1 fully saturated rings. The topological polar surface area (TPSA) is 64.9 Å². The largest absolute Gasteiger partial charge is 0.379 e. The summed E-state index contributed by atoms with van der Waals surface area (Å²) in [6, 6.07) is 10.1. The van der Waals surface area contributed by atoms with Gasteiger partial charge in [-0.25, -0.2) is 0 Å². The quantitative estimate of drug-likeness (QED) is 0.904. The lowest BCUT2D eigenvalue weighted by Crippen LogP contribution is -2.31. The summed E-state index contributed by atoms with van der Waals surface area (Å²) >= 11 is 0. The van der Waals surface area contributed by atoms with Crippen molar-refractivity contribution in [2.45, 2.75) is 31.4 Å². The highest BCUT2D eigenvalue weighted by molar-refractivity contribution is 5.39. The van der Waals surface area contributed by atoms with Gasteiger partial charge in [-0.15, -0.1) is 0 Å². The summed E-state index contributed by atoms with van der Waals surface area (Å²) in [6.45, 7) is 0. The van der Waals surface area contributed by atoms with E-state index in [1.807, 2.05) is 30.3 Å². The third kappa shape index (κ3) is 2.44. The second kappa shape index (κ2) is 5.36. The number of nitrogens with one attached hydrogen (secondary N) is 1. The molecule has 0 amide bonds. The average molecular weight is 259 g/mol.